The minimum Gasteiger partial charge on any atom is -0.478 e. The van der Waals surface area contributed by atoms with Crippen LogP contribution in [0.2, 0.25) is 0 Å². The second kappa shape index (κ2) is 6.63. The first-order valence-corrected chi connectivity index (χ1v) is 7.96. The monoisotopic (exact) mass is 345 g/mol. The molecule has 1 unspecified atom stereocenters. The maximum atomic E-state index is 13.9. The normalized spacial score (nSPS) is 14.8. The van der Waals surface area contributed by atoms with Gasteiger partial charge in [0.25, 0.3) is 0 Å². The summed E-state index contributed by atoms with van der Waals surface area (Å²) < 4.78 is 27.9. The van der Waals surface area contributed by atoms with E-state index in [1.54, 1.807) is 12.1 Å². The van der Waals surface area contributed by atoms with Crippen molar-refractivity contribution in [1.29, 1.82) is 0 Å². The molecule has 4 nitrogen and oxygen atoms in total. The third-order valence-corrected chi connectivity index (χ3v) is 4.58. The molecular formula is C19H17F2NO3. The lowest BCUT2D eigenvalue weighted by Crippen LogP contribution is -2.38. The van der Waals surface area contributed by atoms with Gasteiger partial charge in [-0.15, -0.1) is 0 Å². The van der Waals surface area contributed by atoms with E-state index >= 15 is 0 Å². The van der Waals surface area contributed by atoms with Crippen molar-refractivity contribution in [2.24, 2.45) is 0 Å². The van der Waals surface area contributed by atoms with Gasteiger partial charge in [-0.05, 0) is 48.7 Å². The van der Waals surface area contributed by atoms with Crippen LogP contribution >= 0.6 is 0 Å². The standard InChI is InChI=1S/C19H17F2NO3/c1-11(17-15(20)3-2-4-16(17)21)18(23)22-8-7-12-5-6-13(19(24)25)9-14(12)10-22/h2-6,9,11H,7-8,10H2,1H3,(H,24,25). The highest BCUT2D eigenvalue weighted by atomic mass is 19.1. The maximum absolute atomic E-state index is 13.9. The van der Waals surface area contributed by atoms with Crippen LogP contribution in [0.5, 0.6) is 0 Å². The molecule has 1 heterocycles. The molecule has 2 aromatic carbocycles. The molecule has 1 N–H and O–H groups in total. The van der Waals surface area contributed by atoms with Gasteiger partial charge in [0.2, 0.25) is 5.91 Å². The Labute approximate surface area is 143 Å². The third kappa shape index (κ3) is 3.24. The third-order valence-electron chi connectivity index (χ3n) is 4.58. The van der Waals surface area contributed by atoms with Crippen LogP contribution in [0.15, 0.2) is 36.4 Å². The fourth-order valence-electron chi connectivity index (χ4n) is 3.20. The number of aromatic carboxylic acids is 1. The lowest BCUT2D eigenvalue weighted by molar-refractivity contribution is -0.133. The van der Waals surface area contributed by atoms with Gasteiger partial charge in [0.15, 0.2) is 0 Å². The fraction of sp³-hybridized carbons (Fsp3) is 0.263. The molecule has 130 valence electrons. The number of carbonyl (C=O) groups excluding carboxylic acids is 1. The van der Waals surface area contributed by atoms with Crippen molar-refractivity contribution in [2.45, 2.75) is 25.8 Å². The second-order valence-corrected chi connectivity index (χ2v) is 6.16. The number of carboxylic acids is 1. The molecule has 1 aliphatic rings. The van der Waals surface area contributed by atoms with Crippen molar-refractivity contribution >= 4 is 11.9 Å². The van der Waals surface area contributed by atoms with E-state index in [-0.39, 0.29) is 23.6 Å². The van der Waals surface area contributed by atoms with E-state index in [4.69, 9.17) is 5.11 Å². The molecule has 0 saturated heterocycles. The van der Waals surface area contributed by atoms with Gasteiger partial charge in [-0.3, -0.25) is 4.79 Å². The van der Waals surface area contributed by atoms with E-state index < -0.39 is 23.5 Å². The molecule has 25 heavy (non-hydrogen) atoms. The molecule has 0 spiro atoms. The van der Waals surface area contributed by atoms with E-state index in [9.17, 15) is 18.4 Å². The maximum Gasteiger partial charge on any atom is 0.335 e. The average Bonchev–Trinajstić information content (AvgIpc) is 2.59. The molecular weight excluding hydrogens is 328 g/mol. The Morgan fingerprint density at radius 1 is 1.12 bits per heavy atom. The van der Waals surface area contributed by atoms with Gasteiger partial charge in [0.1, 0.15) is 11.6 Å². The molecule has 0 radical (unpaired) electrons. The number of carbonyl (C=O) groups is 2. The summed E-state index contributed by atoms with van der Waals surface area (Å²) in [5, 5.41) is 9.10. The highest BCUT2D eigenvalue weighted by Crippen LogP contribution is 2.27. The largest absolute Gasteiger partial charge is 0.478 e. The first kappa shape index (κ1) is 17.1. The van der Waals surface area contributed by atoms with Gasteiger partial charge in [0.05, 0.1) is 11.5 Å². The van der Waals surface area contributed by atoms with Gasteiger partial charge in [-0.1, -0.05) is 12.1 Å². The first-order chi connectivity index (χ1) is 11.9. The van der Waals surface area contributed by atoms with E-state index in [2.05, 4.69) is 0 Å². The number of rotatable bonds is 3. The highest BCUT2D eigenvalue weighted by molar-refractivity contribution is 5.88. The van der Waals surface area contributed by atoms with Crippen LogP contribution in [-0.4, -0.2) is 28.4 Å². The highest BCUT2D eigenvalue weighted by Gasteiger charge is 2.29. The predicted octanol–water partition coefficient (Wildman–Crippen LogP) is 3.35. The zero-order chi connectivity index (χ0) is 18.1. The Bertz CT molecular complexity index is 830. The minimum absolute atomic E-state index is 0.154. The summed E-state index contributed by atoms with van der Waals surface area (Å²) in [4.78, 5) is 25.3. The molecule has 6 heteroatoms. The summed E-state index contributed by atoms with van der Waals surface area (Å²) in [5.41, 5.74) is 1.65. The quantitative estimate of drug-likeness (QED) is 0.928. The van der Waals surface area contributed by atoms with Crippen LogP contribution in [0.3, 0.4) is 0 Å². The number of hydrogen-bond donors (Lipinski definition) is 1. The first-order valence-electron chi connectivity index (χ1n) is 7.96. The molecule has 0 saturated carbocycles. The van der Waals surface area contributed by atoms with Crippen molar-refractivity contribution in [2.75, 3.05) is 6.54 Å². The summed E-state index contributed by atoms with van der Waals surface area (Å²) in [6.07, 6.45) is 0.577. The fourth-order valence-corrected chi connectivity index (χ4v) is 3.20. The molecule has 0 bridgehead atoms. The molecule has 0 aliphatic carbocycles. The van der Waals surface area contributed by atoms with Crippen molar-refractivity contribution in [3.8, 4) is 0 Å². The number of nitrogens with zero attached hydrogens (tertiary/aromatic N) is 1. The molecule has 3 rings (SSSR count). The zero-order valence-electron chi connectivity index (χ0n) is 13.6. The van der Waals surface area contributed by atoms with Crippen LogP contribution in [-0.2, 0) is 17.8 Å². The number of fused-ring (bicyclic) bond motifs is 1. The van der Waals surface area contributed by atoms with Crippen molar-refractivity contribution < 1.29 is 23.5 Å². The lowest BCUT2D eigenvalue weighted by atomic mass is 9.94. The van der Waals surface area contributed by atoms with Crippen LogP contribution in [0, 0.1) is 11.6 Å². The minimum atomic E-state index is -1.03. The number of amides is 1. The summed E-state index contributed by atoms with van der Waals surface area (Å²) in [6.45, 7) is 2.14. The van der Waals surface area contributed by atoms with E-state index in [1.165, 1.54) is 24.0 Å². The molecule has 1 atom stereocenters. The SMILES string of the molecule is CC(C(=O)N1CCc2ccc(C(=O)O)cc2C1)c1c(F)cccc1F. The second-order valence-electron chi connectivity index (χ2n) is 6.16. The predicted molar refractivity (Wildman–Crippen MR) is 87.3 cm³/mol. The number of hydrogen-bond acceptors (Lipinski definition) is 2. The van der Waals surface area contributed by atoms with Gasteiger partial charge >= 0.3 is 5.97 Å². The van der Waals surface area contributed by atoms with Crippen LogP contribution in [0.25, 0.3) is 0 Å². The zero-order valence-corrected chi connectivity index (χ0v) is 13.6. The smallest absolute Gasteiger partial charge is 0.335 e. The van der Waals surface area contributed by atoms with Crippen LogP contribution in [0.4, 0.5) is 8.78 Å². The Balaban J connectivity index is 1.85. The molecule has 1 aliphatic heterocycles. The van der Waals surface area contributed by atoms with Gasteiger partial charge in [-0.2, -0.15) is 0 Å². The Morgan fingerprint density at radius 3 is 2.44 bits per heavy atom. The van der Waals surface area contributed by atoms with Crippen LogP contribution < -0.4 is 0 Å². The van der Waals surface area contributed by atoms with Gasteiger partial charge < -0.3 is 10.0 Å². The lowest BCUT2D eigenvalue weighted by Gasteiger charge is -2.31. The van der Waals surface area contributed by atoms with E-state index in [0.717, 1.165) is 23.3 Å². The summed E-state index contributed by atoms with van der Waals surface area (Å²) in [5.74, 6) is -3.85. The summed E-state index contributed by atoms with van der Waals surface area (Å²) >= 11 is 0. The van der Waals surface area contributed by atoms with Crippen LogP contribution in [0.1, 0.15) is 39.9 Å². The van der Waals surface area contributed by atoms with Gasteiger partial charge in [-0.25, -0.2) is 13.6 Å². The Hall–Kier alpha value is -2.76. The number of halogens is 2. The van der Waals surface area contributed by atoms with Gasteiger partial charge in [0, 0.05) is 18.7 Å². The Morgan fingerprint density at radius 2 is 1.80 bits per heavy atom. The molecule has 1 amide bonds. The topological polar surface area (TPSA) is 57.6 Å². The van der Waals surface area contributed by atoms with Crippen molar-refractivity contribution in [1.82, 2.24) is 4.90 Å². The summed E-state index contributed by atoms with van der Waals surface area (Å²) in [7, 11) is 0. The van der Waals surface area contributed by atoms with E-state index in [1.807, 2.05) is 0 Å². The summed E-state index contributed by atoms with van der Waals surface area (Å²) in [6, 6.07) is 8.36. The molecule has 0 fully saturated rings. The van der Waals surface area contributed by atoms with E-state index in [0.29, 0.717) is 13.0 Å². The number of benzene rings is 2. The van der Waals surface area contributed by atoms with Crippen molar-refractivity contribution in [3.05, 3.63) is 70.3 Å². The number of carboxylic acid groups (broad SMARTS) is 1. The average molecular weight is 345 g/mol. The molecule has 2 aromatic rings. The molecule has 0 aromatic heterocycles. The van der Waals surface area contributed by atoms with Crippen molar-refractivity contribution in [3.63, 3.8) is 0 Å². The Kier molecular flexibility index (Phi) is 4.53.